The third-order valence-corrected chi connectivity index (χ3v) is 17.6. The zero-order valence-electron chi connectivity index (χ0n) is 42.0. The minimum Gasteiger partial charge on any atom is -0.456 e. The van der Waals surface area contributed by atoms with Crippen LogP contribution < -0.4 is 15.7 Å². The molecule has 1 unspecified atom stereocenters. The van der Waals surface area contributed by atoms with E-state index in [1.807, 2.05) is 91.0 Å². The van der Waals surface area contributed by atoms with Crippen molar-refractivity contribution in [2.75, 3.05) is 26.4 Å². The Balaban J connectivity index is 1.45. The second-order valence-corrected chi connectivity index (χ2v) is 23.4. The standard InChI is InChI=1S/C52H68N4O15Si/c1-33(57)27-28-42(61)69-47-45(65-35(3)59)41(32-64-72(52(5,6)7,38-23-15-11-16-24-38)39-25-17-12-18-26-39)68-51(48(47)66-36(4)60)71-46-43(55-34(2)58)50(62-30-20-9-8-19-29-54-56-53)67-40-31-63-49(70-44(40)46)37-21-13-10-14-22-37/h10-18,21-26,40-41,43-51H,8-9,19-20,27-32H2,1-7H3,(H,55,58)/t40-,41-,43-,44-,45+,46-,47+,48-,49?,50-,51+/m1/s1. The van der Waals surface area contributed by atoms with Gasteiger partial charge in [-0.1, -0.05) is 130 Å². The third-order valence-electron chi connectivity index (χ3n) is 12.6. The number of ketones is 1. The number of esters is 3. The predicted molar refractivity (Wildman–Crippen MR) is 263 cm³/mol. The van der Waals surface area contributed by atoms with E-state index < -0.39 is 105 Å². The van der Waals surface area contributed by atoms with E-state index in [0.717, 1.165) is 30.1 Å². The summed E-state index contributed by atoms with van der Waals surface area (Å²) in [6, 6.07) is 27.8. The van der Waals surface area contributed by atoms with Crippen LogP contribution in [0.25, 0.3) is 10.4 Å². The highest BCUT2D eigenvalue weighted by molar-refractivity contribution is 6.99. The normalized spacial score (nSPS) is 26.2. The molecule has 72 heavy (non-hydrogen) atoms. The van der Waals surface area contributed by atoms with Crippen molar-refractivity contribution in [2.45, 2.75) is 160 Å². The summed E-state index contributed by atoms with van der Waals surface area (Å²) in [6.07, 6.45) is -10.3. The number of hydrogen-bond acceptors (Lipinski definition) is 16. The average molecular weight is 1020 g/mol. The van der Waals surface area contributed by atoms with Gasteiger partial charge in [0, 0.05) is 50.8 Å². The molecule has 3 aromatic rings. The van der Waals surface area contributed by atoms with Crippen molar-refractivity contribution in [3.63, 3.8) is 0 Å². The number of hydrogen-bond donors (Lipinski definition) is 1. The molecule has 3 aliphatic rings. The van der Waals surface area contributed by atoms with Crippen LogP contribution >= 0.6 is 0 Å². The number of fused-ring (bicyclic) bond motifs is 1. The van der Waals surface area contributed by atoms with E-state index in [1.54, 1.807) is 0 Å². The second kappa shape index (κ2) is 26.4. The van der Waals surface area contributed by atoms with Gasteiger partial charge in [0.05, 0.1) is 19.6 Å². The maximum Gasteiger partial charge on any atom is 0.306 e. The molecule has 0 aromatic heterocycles. The van der Waals surface area contributed by atoms with Gasteiger partial charge in [0.25, 0.3) is 8.32 Å². The number of carbonyl (C=O) groups excluding carboxylic acids is 5. The van der Waals surface area contributed by atoms with Crippen molar-refractivity contribution in [1.82, 2.24) is 5.32 Å². The zero-order chi connectivity index (χ0) is 51.8. The maximum absolute atomic E-state index is 13.8. The number of amides is 1. The lowest BCUT2D eigenvalue weighted by Gasteiger charge is -2.52. The number of ether oxygens (including phenoxy) is 9. The molecule has 6 rings (SSSR count). The molecule has 0 radical (unpaired) electrons. The zero-order valence-corrected chi connectivity index (χ0v) is 43.0. The van der Waals surface area contributed by atoms with Gasteiger partial charge in [-0.3, -0.25) is 19.2 Å². The van der Waals surface area contributed by atoms with Crippen molar-refractivity contribution >= 4 is 48.3 Å². The van der Waals surface area contributed by atoms with Crippen molar-refractivity contribution in [1.29, 1.82) is 0 Å². The molecule has 0 spiro atoms. The maximum atomic E-state index is 13.8. The van der Waals surface area contributed by atoms with Crippen LogP contribution in [0.2, 0.25) is 5.04 Å². The molecular formula is C52H68N4O15Si. The van der Waals surface area contributed by atoms with Gasteiger partial charge in [-0.05, 0) is 40.7 Å². The molecule has 0 aliphatic carbocycles. The molecular weight excluding hydrogens is 949 g/mol. The van der Waals surface area contributed by atoms with E-state index in [9.17, 15) is 24.0 Å². The molecule has 3 heterocycles. The quantitative estimate of drug-likeness (QED) is 0.0216. The van der Waals surface area contributed by atoms with Crippen molar-refractivity contribution < 1.29 is 71.0 Å². The Morgan fingerprint density at radius 2 is 1.33 bits per heavy atom. The summed E-state index contributed by atoms with van der Waals surface area (Å²) >= 11 is 0. The topological polar surface area (TPSA) is 238 Å². The van der Waals surface area contributed by atoms with Gasteiger partial charge in [0.15, 0.2) is 37.2 Å². The number of nitrogens with one attached hydrogen (secondary N) is 1. The first kappa shape index (κ1) is 55.8. The van der Waals surface area contributed by atoms with E-state index in [1.165, 1.54) is 20.8 Å². The lowest BCUT2D eigenvalue weighted by molar-refractivity contribution is -0.378. The molecule has 11 atom stereocenters. The number of azide groups is 1. The van der Waals surface area contributed by atoms with Gasteiger partial charge < -0.3 is 57.2 Å². The predicted octanol–water partition coefficient (Wildman–Crippen LogP) is 6.05. The number of unbranched alkanes of at least 4 members (excludes halogenated alkanes) is 3. The first-order chi connectivity index (χ1) is 34.5. The summed E-state index contributed by atoms with van der Waals surface area (Å²) in [6.45, 7) is 11.6. The molecule has 1 N–H and O–H groups in total. The number of rotatable bonds is 23. The van der Waals surface area contributed by atoms with Crippen LogP contribution in [0.3, 0.4) is 0 Å². The summed E-state index contributed by atoms with van der Waals surface area (Å²) in [5, 5.41) is 7.92. The molecule has 19 nitrogen and oxygen atoms in total. The summed E-state index contributed by atoms with van der Waals surface area (Å²) in [5.74, 6) is -3.15. The minimum atomic E-state index is -3.34. The molecule has 390 valence electrons. The molecule has 0 bridgehead atoms. The van der Waals surface area contributed by atoms with Crippen LogP contribution in [-0.2, 0) is 71.0 Å². The van der Waals surface area contributed by atoms with Crippen molar-refractivity contribution in [3.05, 3.63) is 107 Å². The molecule has 3 aromatic carbocycles. The number of benzene rings is 3. The fraction of sp³-hybridized carbons (Fsp3) is 0.558. The first-order valence-electron chi connectivity index (χ1n) is 24.5. The smallest absolute Gasteiger partial charge is 0.306 e. The van der Waals surface area contributed by atoms with Crippen molar-refractivity contribution in [2.24, 2.45) is 5.11 Å². The number of Topliss-reactive ketones (excluding diaryl/α,β-unsaturated/α-hetero) is 1. The first-order valence-corrected chi connectivity index (χ1v) is 26.4. The van der Waals surface area contributed by atoms with Crippen molar-refractivity contribution in [3.8, 4) is 0 Å². The van der Waals surface area contributed by atoms with Crippen LogP contribution in [-0.4, -0.2) is 126 Å². The third kappa shape index (κ3) is 14.6. The van der Waals surface area contributed by atoms with Crippen LogP contribution in [0.15, 0.2) is 96.1 Å². The van der Waals surface area contributed by atoms with E-state index >= 15 is 0 Å². The van der Waals surface area contributed by atoms with E-state index in [2.05, 4.69) is 36.1 Å². The Morgan fingerprint density at radius 1 is 0.722 bits per heavy atom. The fourth-order valence-electron chi connectivity index (χ4n) is 9.45. The van der Waals surface area contributed by atoms with E-state index in [4.69, 9.17) is 52.6 Å². The van der Waals surface area contributed by atoms with Crippen LogP contribution in [0.4, 0.5) is 0 Å². The van der Waals surface area contributed by atoms with Gasteiger partial charge in [-0.2, -0.15) is 0 Å². The fourth-order valence-corrected chi connectivity index (χ4v) is 14.0. The summed E-state index contributed by atoms with van der Waals surface area (Å²) < 4.78 is 65.3. The highest BCUT2D eigenvalue weighted by Gasteiger charge is 2.59. The van der Waals surface area contributed by atoms with Crippen LogP contribution in [0.1, 0.15) is 98.8 Å². The summed E-state index contributed by atoms with van der Waals surface area (Å²) in [7, 11) is -3.34. The molecule has 1 amide bonds. The SMILES string of the molecule is CC(=O)CCC(=O)O[C@H]1[C@@H](OC(C)=O)[C@@H](CO[Si](c2ccccc2)(c2ccccc2)C(C)(C)C)O[C@@H](O[C@@H]2[C@@H](NC(C)=O)[C@H](OCCCCCCN=[N+]=[N-])O[C@@H]3COC(c4ccccc4)O[C@@H]23)[C@@H]1OC(C)=O. The average Bonchev–Trinajstić information content (AvgIpc) is 3.34. The van der Waals surface area contributed by atoms with Crippen LogP contribution in [0, 0.1) is 0 Å². The van der Waals surface area contributed by atoms with Gasteiger partial charge >= 0.3 is 17.9 Å². The highest BCUT2D eigenvalue weighted by Crippen LogP contribution is 2.41. The molecule has 20 heteroatoms. The van der Waals surface area contributed by atoms with Gasteiger partial charge in [-0.25, -0.2) is 0 Å². The summed E-state index contributed by atoms with van der Waals surface area (Å²) in [5.41, 5.74) is 9.35. The van der Waals surface area contributed by atoms with Gasteiger partial charge in [0.1, 0.15) is 36.2 Å². The lowest BCUT2D eigenvalue weighted by atomic mass is 9.94. The van der Waals surface area contributed by atoms with Gasteiger partial charge in [-0.15, -0.1) is 0 Å². The van der Waals surface area contributed by atoms with Gasteiger partial charge in [0.2, 0.25) is 5.91 Å². The Bertz CT molecular complexity index is 2260. The largest absolute Gasteiger partial charge is 0.456 e. The Labute approximate surface area is 421 Å². The molecule has 3 aliphatic heterocycles. The summed E-state index contributed by atoms with van der Waals surface area (Å²) in [4.78, 5) is 68.3. The molecule has 3 fully saturated rings. The number of nitrogens with zero attached hydrogens (tertiary/aromatic N) is 3. The van der Waals surface area contributed by atoms with E-state index in [-0.39, 0.29) is 38.4 Å². The molecule has 3 saturated heterocycles. The lowest BCUT2D eigenvalue weighted by Crippen LogP contribution is -2.71. The Hall–Kier alpha value is -5.54. The minimum absolute atomic E-state index is 0.00884. The highest BCUT2D eigenvalue weighted by atomic mass is 28.4. The second-order valence-electron chi connectivity index (χ2n) is 19.1. The monoisotopic (exact) mass is 1020 g/mol. The van der Waals surface area contributed by atoms with Crippen LogP contribution in [0.5, 0.6) is 0 Å². The Kier molecular flexibility index (Phi) is 20.5. The van der Waals surface area contributed by atoms with E-state index in [0.29, 0.717) is 24.9 Å². The molecule has 0 saturated carbocycles. The Morgan fingerprint density at radius 3 is 1.92 bits per heavy atom. The number of carbonyl (C=O) groups is 5.